The van der Waals surface area contributed by atoms with Gasteiger partial charge in [-0.3, -0.25) is 9.78 Å². The first-order valence-electron chi connectivity index (χ1n) is 9.31. The Balaban J connectivity index is 1.76. The number of aromatic nitrogens is 3. The number of aromatic amines is 1. The molecule has 8 nitrogen and oxygen atoms in total. The zero-order valence-electron chi connectivity index (χ0n) is 16.1. The van der Waals surface area contributed by atoms with E-state index in [0.717, 1.165) is 23.6 Å². The third-order valence-corrected chi connectivity index (χ3v) is 4.89. The maximum Gasteiger partial charge on any atom is 0.274 e. The molecule has 1 saturated heterocycles. The molecule has 2 heterocycles. The number of ether oxygens (including phenoxy) is 1. The summed E-state index contributed by atoms with van der Waals surface area (Å²) in [7, 11) is 1.71. The number of H-pyrrole nitrogens is 1. The fourth-order valence-electron chi connectivity index (χ4n) is 3.28. The second kappa shape index (κ2) is 8.77. The van der Waals surface area contributed by atoms with Gasteiger partial charge in [0.05, 0.1) is 25.9 Å². The summed E-state index contributed by atoms with van der Waals surface area (Å²) in [6, 6.07) is 6.10. The zero-order chi connectivity index (χ0) is 19.2. The van der Waals surface area contributed by atoms with Crippen LogP contribution in [-0.4, -0.2) is 41.1 Å². The molecule has 1 aliphatic heterocycles. The number of aryl methyl sites for hydroxylation is 1. The van der Waals surface area contributed by atoms with Crippen LogP contribution >= 0.6 is 0 Å². The molecule has 8 heteroatoms. The van der Waals surface area contributed by atoms with E-state index in [1.54, 1.807) is 18.9 Å². The van der Waals surface area contributed by atoms with Gasteiger partial charge in [-0.05, 0) is 56.9 Å². The summed E-state index contributed by atoms with van der Waals surface area (Å²) in [5, 5.41) is 12.0. The molecule has 0 atom stereocenters. The Bertz CT molecular complexity index is 871. The number of rotatable bonds is 6. The highest BCUT2D eigenvalue weighted by molar-refractivity contribution is 5.99. The summed E-state index contributed by atoms with van der Waals surface area (Å²) in [5.74, 6) is 1.13. The van der Waals surface area contributed by atoms with Crippen molar-refractivity contribution in [3.05, 3.63) is 45.4 Å². The van der Waals surface area contributed by atoms with E-state index in [0.29, 0.717) is 5.69 Å². The molecule has 3 rings (SSSR count). The van der Waals surface area contributed by atoms with Gasteiger partial charge in [0.25, 0.3) is 5.56 Å². The predicted molar refractivity (Wildman–Crippen MR) is 104 cm³/mol. The van der Waals surface area contributed by atoms with Gasteiger partial charge < -0.3 is 9.64 Å². The van der Waals surface area contributed by atoms with Crippen LogP contribution in [0.5, 0.6) is 5.75 Å². The molecule has 0 bridgehead atoms. The minimum absolute atomic E-state index is 0.219. The minimum Gasteiger partial charge on any atom is -0.496 e. The second-order valence-corrected chi connectivity index (χ2v) is 6.91. The number of quaternary nitrogens is 1. The van der Waals surface area contributed by atoms with Crippen molar-refractivity contribution in [3.8, 4) is 5.75 Å². The first kappa shape index (κ1) is 19.0. The first-order valence-corrected chi connectivity index (χ1v) is 9.31. The fraction of sp³-hybridized carbons (Fsp3) is 0.474. The fourth-order valence-corrected chi connectivity index (χ4v) is 3.28. The number of anilines is 1. The highest BCUT2D eigenvalue weighted by Crippen LogP contribution is 2.20. The Morgan fingerprint density at radius 3 is 2.78 bits per heavy atom. The highest BCUT2D eigenvalue weighted by atomic mass is 16.5. The monoisotopic (exact) mass is 371 g/mol. The Kier molecular flexibility index (Phi) is 6.18. The van der Waals surface area contributed by atoms with Crippen LogP contribution < -0.4 is 20.6 Å². The average Bonchev–Trinajstić information content (AvgIpc) is 2.69. The Morgan fingerprint density at radius 1 is 1.30 bits per heavy atom. The van der Waals surface area contributed by atoms with Crippen molar-refractivity contribution < 1.29 is 9.64 Å². The number of nitrogens with one attached hydrogen (secondary N) is 3. The van der Waals surface area contributed by atoms with Gasteiger partial charge in [0, 0.05) is 5.56 Å². The number of hydrogen-bond acceptors (Lipinski definition) is 6. The molecule has 2 aromatic rings. The van der Waals surface area contributed by atoms with E-state index < -0.39 is 0 Å². The van der Waals surface area contributed by atoms with E-state index in [1.165, 1.54) is 37.9 Å². The van der Waals surface area contributed by atoms with E-state index >= 15 is 0 Å². The largest absolute Gasteiger partial charge is 0.496 e. The maximum atomic E-state index is 11.6. The van der Waals surface area contributed by atoms with Gasteiger partial charge in [-0.1, -0.05) is 0 Å². The first-order chi connectivity index (χ1) is 13.1. The van der Waals surface area contributed by atoms with E-state index in [-0.39, 0.29) is 11.5 Å². The molecule has 1 aromatic heterocycles. The lowest BCUT2D eigenvalue weighted by atomic mass is 10.0. The molecule has 0 radical (unpaired) electrons. The molecule has 0 amide bonds. The van der Waals surface area contributed by atoms with Crippen LogP contribution in [0.2, 0.25) is 0 Å². The quantitative estimate of drug-likeness (QED) is 0.518. The van der Waals surface area contributed by atoms with Crippen molar-refractivity contribution in [2.45, 2.75) is 39.7 Å². The lowest BCUT2D eigenvalue weighted by Gasteiger charge is -2.24. The smallest absolute Gasteiger partial charge is 0.274 e. The number of nitrogens with zero attached hydrogens (tertiary/aromatic N) is 3. The van der Waals surface area contributed by atoms with E-state index in [1.807, 2.05) is 19.1 Å². The van der Waals surface area contributed by atoms with Gasteiger partial charge in [0.15, 0.2) is 0 Å². The molecule has 144 valence electrons. The molecular weight excluding hydrogens is 344 g/mol. The molecule has 0 unspecified atom stereocenters. The van der Waals surface area contributed by atoms with Gasteiger partial charge in [-0.2, -0.15) is 5.10 Å². The van der Waals surface area contributed by atoms with Crippen LogP contribution in [0, 0.1) is 6.92 Å². The van der Waals surface area contributed by atoms with Gasteiger partial charge in [-0.25, -0.2) is 5.43 Å². The maximum absolute atomic E-state index is 11.6. The summed E-state index contributed by atoms with van der Waals surface area (Å²) >= 11 is 0. The van der Waals surface area contributed by atoms with Crippen molar-refractivity contribution >= 4 is 11.7 Å². The van der Waals surface area contributed by atoms with Crippen molar-refractivity contribution in [3.63, 3.8) is 0 Å². The third kappa shape index (κ3) is 4.91. The average molecular weight is 371 g/mol. The Morgan fingerprint density at radius 2 is 2.07 bits per heavy atom. The summed E-state index contributed by atoms with van der Waals surface area (Å²) in [4.78, 5) is 15.8. The third-order valence-electron chi connectivity index (χ3n) is 4.89. The summed E-state index contributed by atoms with van der Waals surface area (Å²) in [6.45, 7) is 6.89. The molecule has 0 saturated carbocycles. The van der Waals surface area contributed by atoms with E-state index in [4.69, 9.17) is 4.74 Å². The van der Waals surface area contributed by atoms with Crippen LogP contribution in [0.15, 0.2) is 28.1 Å². The summed E-state index contributed by atoms with van der Waals surface area (Å²) in [6.07, 6.45) is 3.91. The number of likely N-dealkylation sites (tertiary alicyclic amines) is 1. The number of hydrogen-bond donors (Lipinski definition) is 3. The topological polar surface area (TPSA) is 96.7 Å². The molecule has 1 aliphatic rings. The van der Waals surface area contributed by atoms with Crippen LogP contribution in [0.25, 0.3) is 0 Å². The van der Waals surface area contributed by atoms with E-state index in [2.05, 4.69) is 31.8 Å². The normalized spacial score (nSPS) is 15.6. The number of hydrazone groups is 1. The lowest BCUT2D eigenvalue weighted by molar-refractivity contribution is -0.918. The number of benzene rings is 1. The number of piperidine rings is 1. The molecule has 27 heavy (non-hydrogen) atoms. The van der Waals surface area contributed by atoms with Gasteiger partial charge >= 0.3 is 0 Å². The predicted octanol–water partition coefficient (Wildman–Crippen LogP) is 0.887. The van der Waals surface area contributed by atoms with Crippen molar-refractivity contribution in [1.29, 1.82) is 0 Å². The molecule has 1 fully saturated rings. The minimum atomic E-state index is -0.281. The SMILES string of the molecule is COc1ccc(/C(C)=N\Nc2nnc(C)c(=O)[nH]2)cc1C[NH+]1CCCCC1. The van der Waals surface area contributed by atoms with Crippen LogP contribution in [0.3, 0.4) is 0 Å². The van der Waals surface area contributed by atoms with E-state index in [9.17, 15) is 4.79 Å². The highest BCUT2D eigenvalue weighted by Gasteiger charge is 2.17. The molecule has 0 spiro atoms. The van der Waals surface area contributed by atoms with Gasteiger partial charge in [-0.15, -0.1) is 10.2 Å². The van der Waals surface area contributed by atoms with Gasteiger partial charge in [0.2, 0.25) is 5.95 Å². The van der Waals surface area contributed by atoms with Crippen molar-refractivity contribution in [1.82, 2.24) is 15.2 Å². The zero-order valence-corrected chi connectivity index (χ0v) is 16.1. The van der Waals surface area contributed by atoms with Crippen molar-refractivity contribution in [2.75, 3.05) is 25.6 Å². The Hall–Kier alpha value is -2.74. The molecule has 0 aliphatic carbocycles. The molecule has 1 aromatic carbocycles. The van der Waals surface area contributed by atoms with Crippen molar-refractivity contribution in [2.24, 2.45) is 5.10 Å². The van der Waals surface area contributed by atoms with Gasteiger partial charge in [0.1, 0.15) is 18.0 Å². The molecular formula is C19H27N6O2+. The lowest BCUT2D eigenvalue weighted by Crippen LogP contribution is -3.11. The molecule has 3 N–H and O–H groups in total. The Labute approximate surface area is 158 Å². The second-order valence-electron chi connectivity index (χ2n) is 6.91. The summed E-state index contributed by atoms with van der Waals surface area (Å²) in [5.41, 5.74) is 5.77. The van der Waals surface area contributed by atoms with Crippen LogP contribution in [-0.2, 0) is 6.54 Å². The summed E-state index contributed by atoms with van der Waals surface area (Å²) < 4.78 is 5.55. The standard InChI is InChI=1S/C19H26N6O2/c1-13(21-23-19-20-18(26)14(2)22-24-19)15-7-8-17(27-3)16(11-15)12-25-9-5-4-6-10-25/h7-8,11H,4-6,9-10,12H2,1-3H3,(H2,20,23,24,26)/p+1/b21-13-. The van der Waals surface area contributed by atoms with Crippen LogP contribution in [0.4, 0.5) is 5.95 Å². The number of methoxy groups -OCH3 is 1. The van der Waals surface area contributed by atoms with Crippen LogP contribution in [0.1, 0.15) is 43.0 Å².